The van der Waals surface area contributed by atoms with Crippen LogP contribution in [0.15, 0.2) is 30.3 Å². The Balaban J connectivity index is 2.27. The molecule has 0 radical (unpaired) electrons. The van der Waals surface area contributed by atoms with E-state index in [1.54, 1.807) is 4.90 Å². The lowest BCUT2D eigenvalue weighted by atomic mass is 9.88. The molecule has 1 aromatic rings. The maximum atomic E-state index is 12.7. The van der Waals surface area contributed by atoms with E-state index in [2.05, 4.69) is 12.1 Å². The molecule has 2 unspecified atom stereocenters. The summed E-state index contributed by atoms with van der Waals surface area (Å²) >= 11 is 0. The highest BCUT2D eigenvalue weighted by atomic mass is 16.2. The Morgan fingerprint density at radius 3 is 2.41 bits per heavy atom. The predicted molar refractivity (Wildman–Crippen MR) is 87.4 cm³/mol. The van der Waals surface area contributed by atoms with Gasteiger partial charge in [0, 0.05) is 38.5 Å². The number of benzene rings is 1. The molecule has 0 bridgehead atoms. The van der Waals surface area contributed by atoms with Crippen molar-refractivity contribution in [2.45, 2.75) is 26.7 Å². The topological polar surface area (TPSA) is 40.6 Å². The molecule has 2 atom stereocenters. The van der Waals surface area contributed by atoms with Crippen LogP contribution in [0, 0.1) is 11.8 Å². The Morgan fingerprint density at radius 2 is 1.86 bits per heavy atom. The molecule has 2 rings (SSSR count). The average Bonchev–Trinajstić information content (AvgIpc) is 2.98. The minimum Gasteiger partial charge on any atom is -0.346 e. The lowest BCUT2D eigenvalue weighted by Gasteiger charge is -2.23. The molecule has 0 spiro atoms. The number of carbonyl (C=O) groups excluding carboxylic acids is 2. The molecule has 1 heterocycles. The minimum absolute atomic E-state index is 0.0332. The second-order valence-corrected chi connectivity index (χ2v) is 6.37. The SMILES string of the molecule is CCN(C)C(=O)C1CN(C(=O)C(C)C)CC1c1ccccc1. The van der Waals surface area contributed by atoms with Gasteiger partial charge in [-0.1, -0.05) is 44.2 Å². The highest BCUT2D eigenvalue weighted by molar-refractivity contribution is 5.84. The fraction of sp³-hybridized carbons (Fsp3) is 0.556. The Labute approximate surface area is 133 Å². The summed E-state index contributed by atoms with van der Waals surface area (Å²) in [5.41, 5.74) is 1.14. The molecule has 1 fully saturated rings. The Kier molecular flexibility index (Phi) is 5.22. The van der Waals surface area contributed by atoms with Crippen molar-refractivity contribution >= 4 is 11.8 Å². The smallest absolute Gasteiger partial charge is 0.227 e. The van der Waals surface area contributed by atoms with E-state index >= 15 is 0 Å². The highest BCUT2D eigenvalue weighted by Gasteiger charge is 2.41. The van der Waals surface area contributed by atoms with Crippen molar-refractivity contribution in [2.75, 3.05) is 26.7 Å². The number of likely N-dealkylation sites (tertiary alicyclic amines) is 1. The van der Waals surface area contributed by atoms with Gasteiger partial charge in [0.25, 0.3) is 0 Å². The van der Waals surface area contributed by atoms with Crippen LogP contribution in [0.4, 0.5) is 0 Å². The molecule has 0 aliphatic carbocycles. The third kappa shape index (κ3) is 3.32. The van der Waals surface area contributed by atoms with Crippen LogP contribution in [0.1, 0.15) is 32.3 Å². The van der Waals surface area contributed by atoms with Gasteiger partial charge in [-0.25, -0.2) is 0 Å². The van der Waals surface area contributed by atoms with Crippen molar-refractivity contribution in [1.29, 1.82) is 0 Å². The molecule has 1 saturated heterocycles. The molecule has 1 aliphatic rings. The third-order valence-corrected chi connectivity index (χ3v) is 4.52. The number of hydrogen-bond donors (Lipinski definition) is 0. The second-order valence-electron chi connectivity index (χ2n) is 6.37. The van der Waals surface area contributed by atoms with E-state index in [1.165, 1.54) is 0 Å². The molecule has 2 amide bonds. The van der Waals surface area contributed by atoms with Gasteiger partial charge < -0.3 is 9.80 Å². The number of nitrogens with zero attached hydrogens (tertiary/aromatic N) is 2. The second kappa shape index (κ2) is 6.95. The quantitative estimate of drug-likeness (QED) is 0.856. The van der Waals surface area contributed by atoms with Crippen molar-refractivity contribution in [1.82, 2.24) is 9.80 Å². The summed E-state index contributed by atoms with van der Waals surface area (Å²) < 4.78 is 0. The van der Waals surface area contributed by atoms with E-state index in [0.29, 0.717) is 19.6 Å². The van der Waals surface area contributed by atoms with Crippen molar-refractivity contribution < 1.29 is 9.59 Å². The van der Waals surface area contributed by atoms with E-state index in [0.717, 1.165) is 5.56 Å². The van der Waals surface area contributed by atoms with E-state index in [-0.39, 0.29) is 29.6 Å². The van der Waals surface area contributed by atoms with E-state index < -0.39 is 0 Å². The minimum atomic E-state index is -0.143. The predicted octanol–water partition coefficient (Wildman–Crippen LogP) is 2.36. The van der Waals surface area contributed by atoms with Gasteiger partial charge in [0.2, 0.25) is 11.8 Å². The van der Waals surface area contributed by atoms with Crippen LogP contribution in [0.3, 0.4) is 0 Å². The summed E-state index contributed by atoms with van der Waals surface area (Å²) in [6, 6.07) is 10.1. The van der Waals surface area contributed by atoms with Crippen LogP contribution in [-0.2, 0) is 9.59 Å². The van der Waals surface area contributed by atoms with Crippen molar-refractivity contribution in [3.8, 4) is 0 Å². The lowest BCUT2D eigenvalue weighted by molar-refractivity contribution is -0.135. The largest absolute Gasteiger partial charge is 0.346 e. The molecular formula is C18H26N2O2. The highest BCUT2D eigenvalue weighted by Crippen LogP contribution is 2.34. The van der Waals surface area contributed by atoms with Gasteiger partial charge in [-0.3, -0.25) is 9.59 Å². The van der Waals surface area contributed by atoms with Crippen LogP contribution in [0.2, 0.25) is 0 Å². The summed E-state index contributed by atoms with van der Waals surface area (Å²) in [4.78, 5) is 28.6. The molecular weight excluding hydrogens is 276 g/mol. The van der Waals surface area contributed by atoms with Crippen LogP contribution in [0.25, 0.3) is 0 Å². The summed E-state index contributed by atoms with van der Waals surface area (Å²) in [7, 11) is 1.83. The molecule has 0 saturated carbocycles. The summed E-state index contributed by atoms with van der Waals surface area (Å²) in [6.45, 7) is 7.64. The van der Waals surface area contributed by atoms with Crippen LogP contribution >= 0.6 is 0 Å². The number of rotatable bonds is 4. The summed E-state index contributed by atoms with van der Waals surface area (Å²) in [5, 5.41) is 0. The Bertz CT molecular complexity index is 527. The Morgan fingerprint density at radius 1 is 1.23 bits per heavy atom. The first-order valence-electron chi connectivity index (χ1n) is 8.04. The van der Waals surface area contributed by atoms with Gasteiger partial charge in [-0.15, -0.1) is 0 Å². The Hall–Kier alpha value is -1.84. The molecule has 1 aliphatic heterocycles. The molecule has 22 heavy (non-hydrogen) atoms. The molecule has 120 valence electrons. The van der Waals surface area contributed by atoms with Gasteiger partial charge in [-0.05, 0) is 12.5 Å². The monoisotopic (exact) mass is 302 g/mol. The number of hydrogen-bond acceptors (Lipinski definition) is 2. The maximum Gasteiger partial charge on any atom is 0.227 e. The normalized spacial score (nSPS) is 21.2. The van der Waals surface area contributed by atoms with Crippen molar-refractivity contribution in [2.24, 2.45) is 11.8 Å². The zero-order chi connectivity index (χ0) is 16.3. The summed E-state index contributed by atoms with van der Waals surface area (Å²) in [5.74, 6) is 0.181. The van der Waals surface area contributed by atoms with Gasteiger partial charge in [-0.2, -0.15) is 0 Å². The first-order chi connectivity index (χ1) is 10.5. The average molecular weight is 302 g/mol. The van der Waals surface area contributed by atoms with Gasteiger partial charge in [0.15, 0.2) is 0 Å². The van der Waals surface area contributed by atoms with Crippen LogP contribution in [-0.4, -0.2) is 48.3 Å². The standard InChI is InChI=1S/C18H26N2O2/c1-5-19(4)18(22)16-12-20(17(21)13(2)3)11-15(16)14-9-7-6-8-10-14/h6-10,13,15-16H,5,11-12H2,1-4H3. The third-order valence-electron chi connectivity index (χ3n) is 4.52. The number of carbonyl (C=O) groups is 2. The molecule has 4 heteroatoms. The number of amides is 2. The molecule has 1 aromatic carbocycles. The fourth-order valence-corrected chi connectivity index (χ4v) is 3.08. The zero-order valence-corrected chi connectivity index (χ0v) is 14.0. The first-order valence-corrected chi connectivity index (χ1v) is 8.04. The fourth-order valence-electron chi connectivity index (χ4n) is 3.08. The van der Waals surface area contributed by atoms with Crippen molar-refractivity contribution in [3.05, 3.63) is 35.9 Å². The van der Waals surface area contributed by atoms with Gasteiger partial charge in [0.1, 0.15) is 0 Å². The van der Waals surface area contributed by atoms with Crippen LogP contribution in [0.5, 0.6) is 0 Å². The van der Waals surface area contributed by atoms with Gasteiger partial charge >= 0.3 is 0 Å². The van der Waals surface area contributed by atoms with Crippen molar-refractivity contribution in [3.63, 3.8) is 0 Å². The maximum absolute atomic E-state index is 12.7. The zero-order valence-electron chi connectivity index (χ0n) is 14.0. The van der Waals surface area contributed by atoms with E-state index in [9.17, 15) is 9.59 Å². The summed E-state index contributed by atoms with van der Waals surface area (Å²) in [6.07, 6.45) is 0. The molecule has 0 N–H and O–H groups in total. The molecule has 0 aromatic heterocycles. The van der Waals surface area contributed by atoms with Gasteiger partial charge in [0.05, 0.1) is 5.92 Å². The lowest BCUT2D eigenvalue weighted by Crippen LogP contribution is -2.37. The van der Waals surface area contributed by atoms with E-state index in [4.69, 9.17) is 0 Å². The van der Waals surface area contributed by atoms with E-state index in [1.807, 2.05) is 50.9 Å². The first kappa shape index (κ1) is 16.5. The van der Waals surface area contributed by atoms with Crippen LogP contribution < -0.4 is 0 Å². The molecule has 4 nitrogen and oxygen atoms in total.